The molecule has 0 aliphatic rings. The Kier molecular flexibility index (Phi) is 5.19. The van der Waals surface area contributed by atoms with Gasteiger partial charge in [0.25, 0.3) is 11.6 Å². The molecule has 0 spiro atoms. The van der Waals surface area contributed by atoms with Crippen LogP contribution in [0.5, 0.6) is 0 Å². The summed E-state index contributed by atoms with van der Waals surface area (Å²) in [5, 5.41) is 19.9. The Morgan fingerprint density at radius 1 is 1.04 bits per heavy atom. The minimum Gasteiger partial charge on any atom is -0.376 e. The Balaban J connectivity index is 1.60. The number of fused-ring (bicyclic) bond motifs is 1. The van der Waals surface area contributed by atoms with E-state index in [-0.39, 0.29) is 18.1 Å². The van der Waals surface area contributed by atoms with Crippen LogP contribution in [0.2, 0.25) is 0 Å². The fraction of sp³-hybridized carbons (Fsp3) is 0.0526. The zero-order valence-corrected chi connectivity index (χ0v) is 13.8. The van der Waals surface area contributed by atoms with Gasteiger partial charge in [-0.3, -0.25) is 14.9 Å². The number of hydrogen-bond donors (Lipinski definition) is 2. The minimum absolute atomic E-state index is 0.0300. The molecule has 0 atom stereocenters. The fourth-order valence-corrected chi connectivity index (χ4v) is 2.53. The van der Waals surface area contributed by atoms with Gasteiger partial charge in [-0.05, 0) is 17.5 Å². The molecule has 7 nitrogen and oxygen atoms in total. The lowest BCUT2D eigenvalue weighted by Gasteiger charge is -2.08. The second kappa shape index (κ2) is 7.89. The van der Waals surface area contributed by atoms with Gasteiger partial charge in [0.1, 0.15) is 0 Å². The van der Waals surface area contributed by atoms with Crippen LogP contribution in [0.3, 0.4) is 0 Å². The van der Waals surface area contributed by atoms with Crippen molar-refractivity contribution in [2.24, 2.45) is 5.10 Å². The number of rotatable bonds is 6. The molecule has 3 rings (SSSR count). The van der Waals surface area contributed by atoms with Crippen molar-refractivity contribution >= 4 is 34.3 Å². The number of hydrazone groups is 1. The molecule has 0 bridgehead atoms. The van der Waals surface area contributed by atoms with Crippen LogP contribution in [-0.2, 0) is 4.79 Å². The summed E-state index contributed by atoms with van der Waals surface area (Å²) in [6.07, 6.45) is 1.26. The van der Waals surface area contributed by atoms with E-state index in [4.69, 9.17) is 0 Å². The Morgan fingerprint density at radius 3 is 2.62 bits per heavy atom. The molecular weight excluding hydrogens is 332 g/mol. The highest BCUT2D eigenvalue weighted by Gasteiger charge is 2.10. The molecule has 2 N–H and O–H groups in total. The summed E-state index contributed by atoms with van der Waals surface area (Å²) in [4.78, 5) is 22.4. The van der Waals surface area contributed by atoms with E-state index in [1.165, 1.54) is 12.3 Å². The number of hydrogen-bond acceptors (Lipinski definition) is 5. The molecule has 7 heteroatoms. The summed E-state index contributed by atoms with van der Waals surface area (Å²) in [6, 6.07) is 19.8. The Morgan fingerprint density at radius 2 is 1.77 bits per heavy atom. The third-order valence-electron chi connectivity index (χ3n) is 3.76. The Hall–Kier alpha value is -3.74. The van der Waals surface area contributed by atoms with Gasteiger partial charge < -0.3 is 5.32 Å². The highest BCUT2D eigenvalue weighted by molar-refractivity contribution is 5.95. The molecule has 3 aromatic rings. The Bertz CT molecular complexity index is 980. The van der Waals surface area contributed by atoms with Crippen LogP contribution in [-0.4, -0.2) is 23.6 Å². The molecular formula is C19H16N4O3. The van der Waals surface area contributed by atoms with Crippen molar-refractivity contribution < 1.29 is 9.72 Å². The highest BCUT2D eigenvalue weighted by Crippen LogP contribution is 2.22. The van der Waals surface area contributed by atoms with E-state index < -0.39 is 4.92 Å². The van der Waals surface area contributed by atoms with Gasteiger partial charge in [0, 0.05) is 17.1 Å². The summed E-state index contributed by atoms with van der Waals surface area (Å²) >= 11 is 0. The maximum absolute atomic E-state index is 11.9. The van der Waals surface area contributed by atoms with Gasteiger partial charge in [-0.1, -0.05) is 48.5 Å². The fourth-order valence-electron chi connectivity index (χ4n) is 2.53. The van der Waals surface area contributed by atoms with Gasteiger partial charge in [-0.25, -0.2) is 5.43 Å². The normalized spacial score (nSPS) is 10.8. The quantitative estimate of drug-likeness (QED) is 0.406. The SMILES string of the molecule is O=C(CNc1cccc2ccccc12)N/N=C\c1ccccc1[N+](=O)[O-]. The lowest BCUT2D eigenvalue weighted by Crippen LogP contribution is -2.26. The summed E-state index contributed by atoms with van der Waals surface area (Å²) in [5.74, 6) is -0.354. The van der Waals surface area contributed by atoms with Crippen molar-refractivity contribution in [2.45, 2.75) is 0 Å². The predicted molar refractivity (Wildman–Crippen MR) is 101 cm³/mol. The van der Waals surface area contributed by atoms with Crippen LogP contribution in [0.1, 0.15) is 5.56 Å². The molecule has 3 aromatic carbocycles. The van der Waals surface area contributed by atoms with E-state index in [9.17, 15) is 14.9 Å². The van der Waals surface area contributed by atoms with Crippen LogP contribution >= 0.6 is 0 Å². The van der Waals surface area contributed by atoms with Crippen LogP contribution in [0.15, 0.2) is 71.8 Å². The molecule has 0 saturated carbocycles. The molecule has 0 radical (unpaired) electrons. The Labute approximate surface area is 149 Å². The first-order chi connectivity index (χ1) is 12.6. The first-order valence-electron chi connectivity index (χ1n) is 7.92. The number of benzene rings is 3. The number of anilines is 1. The average Bonchev–Trinajstić information content (AvgIpc) is 2.66. The van der Waals surface area contributed by atoms with Crippen LogP contribution in [0, 0.1) is 10.1 Å². The lowest BCUT2D eigenvalue weighted by molar-refractivity contribution is -0.385. The maximum atomic E-state index is 11.9. The predicted octanol–water partition coefficient (Wildman–Crippen LogP) is 3.31. The minimum atomic E-state index is -0.495. The summed E-state index contributed by atoms with van der Waals surface area (Å²) < 4.78 is 0. The summed E-state index contributed by atoms with van der Waals surface area (Å²) in [7, 11) is 0. The van der Waals surface area contributed by atoms with E-state index in [2.05, 4.69) is 15.8 Å². The van der Waals surface area contributed by atoms with E-state index in [1.807, 2.05) is 42.5 Å². The third kappa shape index (κ3) is 4.02. The number of nitro benzene ring substituents is 1. The van der Waals surface area contributed by atoms with Crippen molar-refractivity contribution in [1.29, 1.82) is 0 Å². The van der Waals surface area contributed by atoms with Gasteiger partial charge >= 0.3 is 0 Å². The topological polar surface area (TPSA) is 96.6 Å². The summed E-state index contributed by atoms with van der Waals surface area (Å²) in [6.45, 7) is 0.0300. The molecule has 0 saturated heterocycles. The first kappa shape index (κ1) is 17.1. The van der Waals surface area contributed by atoms with Gasteiger partial charge in [0.15, 0.2) is 0 Å². The molecule has 0 heterocycles. The number of nitrogens with zero attached hydrogens (tertiary/aromatic N) is 2. The molecule has 0 unspecified atom stereocenters. The maximum Gasteiger partial charge on any atom is 0.278 e. The number of amides is 1. The van der Waals surface area contributed by atoms with Crippen molar-refractivity contribution in [2.75, 3.05) is 11.9 Å². The van der Waals surface area contributed by atoms with Crippen LogP contribution in [0.4, 0.5) is 11.4 Å². The second-order valence-electron chi connectivity index (χ2n) is 5.49. The lowest BCUT2D eigenvalue weighted by atomic mass is 10.1. The van der Waals surface area contributed by atoms with E-state index in [1.54, 1.807) is 18.2 Å². The number of carbonyl (C=O) groups is 1. The van der Waals surface area contributed by atoms with Crippen molar-refractivity contribution in [3.8, 4) is 0 Å². The number of nitrogens with one attached hydrogen (secondary N) is 2. The van der Waals surface area contributed by atoms with Crippen molar-refractivity contribution in [3.05, 3.63) is 82.4 Å². The van der Waals surface area contributed by atoms with E-state index in [0.717, 1.165) is 16.5 Å². The van der Waals surface area contributed by atoms with Gasteiger partial charge in [-0.2, -0.15) is 5.10 Å². The average molecular weight is 348 g/mol. The van der Waals surface area contributed by atoms with Crippen molar-refractivity contribution in [1.82, 2.24) is 5.43 Å². The molecule has 0 aromatic heterocycles. The van der Waals surface area contributed by atoms with Gasteiger partial charge in [0.2, 0.25) is 0 Å². The molecule has 26 heavy (non-hydrogen) atoms. The van der Waals surface area contributed by atoms with Crippen molar-refractivity contribution in [3.63, 3.8) is 0 Å². The number of carbonyl (C=O) groups excluding carboxylic acids is 1. The molecule has 1 amide bonds. The number of para-hydroxylation sites is 1. The summed E-state index contributed by atoms with van der Waals surface area (Å²) in [5.41, 5.74) is 3.46. The molecule has 0 aliphatic heterocycles. The van der Waals surface area contributed by atoms with Crippen LogP contribution < -0.4 is 10.7 Å². The zero-order valence-electron chi connectivity index (χ0n) is 13.8. The zero-order chi connectivity index (χ0) is 18.4. The second-order valence-corrected chi connectivity index (χ2v) is 5.49. The van der Waals surface area contributed by atoms with Gasteiger partial charge in [-0.15, -0.1) is 0 Å². The highest BCUT2D eigenvalue weighted by atomic mass is 16.6. The first-order valence-corrected chi connectivity index (χ1v) is 7.92. The third-order valence-corrected chi connectivity index (χ3v) is 3.76. The molecule has 130 valence electrons. The van der Waals surface area contributed by atoms with E-state index >= 15 is 0 Å². The van der Waals surface area contributed by atoms with Gasteiger partial charge in [0.05, 0.1) is 23.2 Å². The van der Waals surface area contributed by atoms with E-state index in [0.29, 0.717) is 5.56 Å². The monoisotopic (exact) mass is 348 g/mol. The molecule has 0 fully saturated rings. The largest absolute Gasteiger partial charge is 0.376 e. The standard InChI is InChI=1S/C19H16N4O3/c24-19(22-21-12-15-7-2-4-11-18(15)23(25)26)13-20-17-10-5-8-14-6-1-3-9-16(14)17/h1-12,20H,13H2,(H,22,24)/b21-12-. The smallest absolute Gasteiger partial charge is 0.278 e. The molecule has 0 aliphatic carbocycles. The number of nitro groups is 1. The van der Waals surface area contributed by atoms with Crippen LogP contribution in [0.25, 0.3) is 10.8 Å².